The third-order valence-electron chi connectivity index (χ3n) is 3.14. The van der Waals surface area contributed by atoms with E-state index < -0.39 is 41.5 Å². The summed E-state index contributed by atoms with van der Waals surface area (Å²) in [5.41, 5.74) is 14.8. The molecule has 0 spiro atoms. The molecule has 10 N–H and O–H groups in total. The molecule has 0 aromatic carbocycles. The van der Waals surface area contributed by atoms with E-state index in [1.54, 1.807) is 27.7 Å². The summed E-state index contributed by atoms with van der Waals surface area (Å²) in [5, 5.41) is 44.9. The third kappa shape index (κ3) is 41.9. The van der Waals surface area contributed by atoms with Gasteiger partial charge < -0.3 is 52.5 Å². The predicted molar refractivity (Wildman–Crippen MR) is 126 cm³/mol. The Bertz CT molecular complexity index is 670. The average molecular weight is 548 g/mol. The minimum absolute atomic E-state index is 0. The van der Waals surface area contributed by atoms with Gasteiger partial charge in [-0.3, -0.25) is 24.6 Å². The van der Waals surface area contributed by atoms with E-state index in [0.29, 0.717) is 19.4 Å². The molecule has 0 amide bonds. The smallest absolute Gasteiger partial charge is 0.542 e. The van der Waals surface area contributed by atoms with Crippen molar-refractivity contribution in [3.05, 3.63) is 0 Å². The largest absolute Gasteiger partial charge is 2.00 e. The van der Waals surface area contributed by atoms with Gasteiger partial charge in [0, 0.05) is 19.4 Å². The molecule has 15 nitrogen and oxygen atoms in total. The maximum Gasteiger partial charge on any atom is 2.00 e. The van der Waals surface area contributed by atoms with Gasteiger partial charge in [-0.1, -0.05) is 27.7 Å². The van der Waals surface area contributed by atoms with Gasteiger partial charge in [-0.15, -0.1) is 0 Å². The Hall–Kier alpha value is -2.33. The number of nitrogens with two attached hydrogens (primary N) is 3. The molecular formula is C20H37CaN5O10. The fourth-order valence-electron chi connectivity index (χ4n) is 1.58. The summed E-state index contributed by atoms with van der Waals surface area (Å²) >= 11 is 0. The first-order valence-corrected chi connectivity index (χ1v) is 10.3. The molecule has 0 aromatic rings. The Kier molecular flexibility index (Phi) is 33.1. The van der Waals surface area contributed by atoms with E-state index in [1.165, 1.54) is 0 Å². The van der Waals surface area contributed by atoms with Crippen molar-refractivity contribution in [2.24, 2.45) is 29.0 Å². The Morgan fingerprint density at radius 1 is 0.889 bits per heavy atom. The van der Waals surface area contributed by atoms with Crippen LogP contribution in [-0.4, -0.2) is 108 Å². The summed E-state index contributed by atoms with van der Waals surface area (Å²) in [6.07, 6.45) is 1.12. The fraction of sp³-hybridized carbons (Fsp3) is 0.650. The van der Waals surface area contributed by atoms with Gasteiger partial charge in [0.1, 0.15) is 18.0 Å². The second-order valence-corrected chi connectivity index (χ2v) is 7.64. The van der Waals surface area contributed by atoms with E-state index in [1.807, 2.05) is 0 Å². The molecule has 0 saturated carbocycles. The van der Waals surface area contributed by atoms with Gasteiger partial charge in [-0.2, -0.15) is 0 Å². The SMILES string of the molecule is CC(C)CC(=O)C(=O)[O-].CC(C)CC(=O)C(=O)[O-].N=C(N)NCCC[C@H](N)C(=O)O.NCC(=O)O.[Ca+2]. The minimum atomic E-state index is -1.58. The molecule has 0 fully saturated rings. The predicted octanol–water partition coefficient (Wildman–Crippen LogP) is -3.99. The van der Waals surface area contributed by atoms with Crippen molar-refractivity contribution in [2.45, 2.75) is 59.4 Å². The zero-order chi connectivity index (χ0) is 28.7. The molecule has 0 rings (SSSR count). The van der Waals surface area contributed by atoms with Crippen LogP contribution in [0, 0.1) is 17.2 Å². The molecule has 204 valence electrons. The summed E-state index contributed by atoms with van der Waals surface area (Å²) in [6, 6.07) is -0.821. The number of carboxylic acid groups (broad SMARTS) is 4. The van der Waals surface area contributed by atoms with E-state index in [9.17, 15) is 39.0 Å². The van der Waals surface area contributed by atoms with Gasteiger partial charge in [0.2, 0.25) is 0 Å². The van der Waals surface area contributed by atoms with E-state index >= 15 is 0 Å². The van der Waals surface area contributed by atoms with E-state index in [4.69, 9.17) is 27.1 Å². The van der Waals surface area contributed by atoms with Gasteiger partial charge in [-0.25, -0.2) is 0 Å². The minimum Gasteiger partial charge on any atom is -0.542 e. The number of Topliss-reactive ketones (excluding diaryl/α,β-unsaturated/α-hetero) is 2. The van der Waals surface area contributed by atoms with E-state index in [-0.39, 0.29) is 74.9 Å². The van der Waals surface area contributed by atoms with Crippen molar-refractivity contribution in [2.75, 3.05) is 13.1 Å². The van der Waals surface area contributed by atoms with Gasteiger partial charge in [0.15, 0.2) is 17.5 Å². The van der Waals surface area contributed by atoms with Crippen molar-refractivity contribution in [1.29, 1.82) is 5.41 Å². The van der Waals surface area contributed by atoms with Crippen molar-refractivity contribution >= 4 is 79.1 Å². The summed E-state index contributed by atoms with van der Waals surface area (Å²) < 4.78 is 0. The Balaban J connectivity index is -0.000000122. The summed E-state index contributed by atoms with van der Waals surface area (Å²) in [7, 11) is 0. The molecule has 1 atom stereocenters. The van der Waals surface area contributed by atoms with Crippen LogP contribution in [0.15, 0.2) is 0 Å². The van der Waals surface area contributed by atoms with Crippen molar-refractivity contribution < 1.29 is 49.2 Å². The molecule has 0 saturated heterocycles. The van der Waals surface area contributed by atoms with Gasteiger partial charge in [0.25, 0.3) is 0 Å². The van der Waals surface area contributed by atoms with Crippen molar-refractivity contribution in [3.63, 3.8) is 0 Å². The van der Waals surface area contributed by atoms with Crippen molar-refractivity contribution in [1.82, 2.24) is 5.32 Å². The molecular weight excluding hydrogens is 510 g/mol. The van der Waals surface area contributed by atoms with Crippen LogP contribution >= 0.6 is 0 Å². The molecule has 0 aliphatic rings. The number of hydrogen-bond donors (Lipinski definition) is 7. The molecule has 0 aliphatic carbocycles. The number of nitrogens with one attached hydrogen (secondary N) is 2. The normalized spacial score (nSPS) is 9.89. The summed E-state index contributed by atoms with van der Waals surface area (Å²) in [6.45, 7) is 7.32. The fourth-order valence-corrected chi connectivity index (χ4v) is 1.58. The number of carboxylic acids is 4. The second kappa shape index (κ2) is 27.3. The Labute approximate surface area is 239 Å². The van der Waals surface area contributed by atoms with Crippen LogP contribution < -0.4 is 32.7 Å². The zero-order valence-electron chi connectivity index (χ0n) is 21.1. The summed E-state index contributed by atoms with van der Waals surface area (Å²) in [4.78, 5) is 59.6. The van der Waals surface area contributed by atoms with Crippen LogP contribution in [0.25, 0.3) is 0 Å². The molecule has 0 heterocycles. The number of rotatable bonds is 12. The van der Waals surface area contributed by atoms with E-state index in [0.717, 1.165) is 0 Å². The number of guanidine groups is 1. The summed E-state index contributed by atoms with van der Waals surface area (Å²) in [5.74, 6) is -6.69. The number of carbonyl (C=O) groups is 6. The number of ketones is 2. The van der Waals surface area contributed by atoms with Gasteiger partial charge in [0.05, 0.1) is 6.54 Å². The zero-order valence-corrected chi connectivity index (χ0v) is 23.3. The third-order valence-corrected chi connectivity index (χ3v) is 3.14. The van der Waals surface area contributed by atoms with E-state index in [2.05, 4.69) is 11.1 Å². The topological polar surface area (TPSA) is 303 Å². The standard InChI is InChI=1S/C6H14N4O2.2C6H10O3.C2H5NO2.Ca/c7-4(5(11)12)2-1-3-10-6(8)9;2*1-4(2)3-5(7)6(8)9;3-1-2(4)5;/h4H,1-3,7H2,(H,11,12)(H4,8,9,10);2*4H,3H2,1-2H3,(H,8,9);1,3H2,(H,4,5);/q;;;;+2/p-2/t4-;;;;/m0..../s1. The molecule has 0 unspecified atom stereocenters. The molecule has 16 heteroatoms. The molecule has 0 radical (unpaired) electrons. The van der Waals surface area contributed by atoms with Gasteiger partial charge >= 0.3 is 49.7 Å². The maximum atomic E-state index is 10.3. The van der Waals surface area contributed by atoms with Gasteiger partial charge in [-0.05, 0) is 24.7 Å². The quantitative estimate of drug-likeness (QED) is 0.0403. The van der Waals surface area contributed by atoms with Crippen LogP contribution in [0.2, 0.25) is 0 Å². The van der Waals surface area contributed by atoms with Crippen LogP contribution in [0.3, 0.4) is 0 Å². The Morgan fingerprint density at radius 2 is 1.22 bits per heavy atom. The molecule has 0 bridgehead atoms. The first-order valence-electron chi connectivity index (χ1n) is 10.3. The van der Waals surface area contributed by atoms with Crippen molar-refractivity contribution in [3.8, 4) is 0 Å². The number of hydrogen-bond acceptors (Lipinski definition) is 11. The van der Waals surface area contributed by atoms with Crippen LogP contribution in [0.5, 0.6) is 0 Å². The first-order chi connectivity index (χ1) is 15.9. The second-order valence-electron chi connectivity index (χ2n) is 7.64. The van der Waals surface area contributed by atoms with Crippen LogP contribution in [-0.2, 0) is 28.8 Å². The van der Waals surface area contributed by atoms with Crippen LogP contribution in [0.1, 0.15) is 53.4 Å². The van der Waals surface area contributed by atoms with Crippen LogP contribution in [0.4, 0.5) is 0 Å². The molecule has 0 aliphatic heterocycles. The maximum absolute atomic E-state index is 10.3. The Morgan fingerprint density at radius 3 is 1.39 bits per heavy atom. The molecule has 0 aromatic heterocycles. The average Bonchev–Trinajstić information content (AvgIpc) is 2.71. The first kappa shape index (κ1) is 43.7. The number of carbonyl (C=O) groups excluding carboxylic acids is 4. The number of aliphatic carboxylic acids is 4. The molecule has 36 heavy (non-hydrogen) atoms. The monoisotopic (exact) mass is 547 g/mol.